The highest BCUT2D eigenvalue weighted by molar-refractivity contribution is 5.69. The summed E-state index contributed by atoms with van der Waals surface area (Å²) in [6.07, 6.45) is 4.55. The molecule has 1 saturated heterocycles. The monoisotopic (exact) mass is 348 g/mol. The van der Waals surface area contributed by atoms with Crippen molar-refractivity contribution in [1.82, 2.24) is 9.88 Å². The van der Waals surface area contributed by atoms with E-state index in [1.165, 1.54) is 0 Å². The quantitative estimate of drug-likeness (QED) is 0.878. The summed E-state index contributed by atoms with van der Waals surface area (Å²) in [5.74, 6) is 0.921. The molecule has 2 heterocycles. The molecule has 6 heteroatoms. The van der Waals surface area contributed by atoms with Gasteiger partial charge in [0.1, 0.15) is 5.60 Å². The first-order valence-electron chi connectivity index (χ1n) is 9.06. The van der Waals surface area contributed by atoms with Crippen LogP contribution >= 0.6 is 0 Å². The van der Waals surface area contributed by atoms with E-state index in [9.17, 15) is 4.79 Å². The normalized spacial score (nSPS) is 18.8. The average molecular weight is 348 g/mol. The van der Waals surface area contributed by atoms with E-state index < -0.39 is 5.60 Å². The van der Waals surface area contributed by atoms with E-state index in [4.69, 9.17) is 4.74 Å². The van der Waals surface area contributed by atoms with Gasteiger partial charge in [0.15, 0.2) is 5.82 Å². The van der Waals surface area contributed by atoms with E-state index in [1.807, 2.05) is 56.8 Å². The van der Waals surface area contributed by atoms with Crippen LogP contribution in [0.25, 0.3) is 0 Å². The topological polar surface area (TPSA) is 57.7 Å². The molecule has 0 radical (unpaired) electrons. The van der Waals surface area contributed by atoms with Crippen LogP contribution in [0.3, 0.4) is 0 Å². The van der Waals surface area contributed by atoms with E-state index in [-0.39, 0.29) is 18.2 Å². The zero-order valence-electron chi connectivity index (χ0n) is 16.4. The van der Waals surface area contributed by atoms with Crippen LogP contribution in [-0.4, -0.2) is 54.3 Å². The van der Waals surface area contributed by atoms with Gasteiger partial charge in [0, 0.05) is 38.9 Å². The van der Waals surface area contributed by atoms with Crippen LogP contribution in [-0.2, 0) is 4.74 Å². The Hall–Kier alpha value is -1.98. The van der Waals surface area contributed by atoms with Gasteiger partial charge in [-0.3, -0.25) is 0 Å². The highest BCUT2D eigenvalue weighted by atomic mass is 16.6. The highest BCUT2D eigenvalue weighted by Gasteiger charge is 2.33. The number of anilines is 2. The molecule has 1 fully saturated rings. The highest BCUT2D eigenvalue weighted by Crippen LogP contribution is 2.27. The first kappa shape index (κ1) is 19.3. The Labute approximate surface area is 151 Å². The van der Waals surface area contributed by atoms with Crippen molar-refractivity contribution in [3.8, 4) is 0 Å². The third-order valence-electron chi connectivity index (χ3n) is 4.24. The van der Waals surface area contributed by atoms with Crippen molar-refractivity contribution in [2.24, 2.45) is 0 Å². The van der Waals surface area contributed by atoms with Crippen molar-refractivity contribution < 1.29 is 9.53 Å². The number of carbonyl (C=O) groups is 1. The molecule has 1 aliphatic heterocycles. The lowest BCUT2D eigenvalue weighted by Crippen LogP contribution is -2.41. The molecule has 0 saturated carbocycles. The van der Waals surface area contributed by atoms with Gasteiger partial charge in [-0.25, -0.2) is 9.78 Å². The van der Waals surface area contributed by atoms with Gasteiger partial charge in [-0.1, -0.05) is 0 Å². The number of hydrogen-bond donors (Lipinski definition) is 1. The molecule has 0 spiro atoms. The number of nitrogens with one attached hydrogen (secondary N) is 1. The standard InChI is InChI=1S/C19H32N4O2/c1-14(21-16-10-7-11-20-17(16)22(5)6)13-15-9-8-12-23(15)18(24)25-19(2,3)4/h7,10-11,14-15,21H,8-9,12-13H2,1-6H3. The van der Waals surface area contributed by atoms with E-state index >= 15 is 0 Å². The number of carbonyl (C=O) groups excluding carboxylic acids is 1. The Morgan fingerprint density at radius 1 is 1.48 bits per heavy atom. The second-order valence-corrected chi connectivity index (χ2v) is 8.02. The Morgan fingerprint density at radius 2 is 2.20 bits per heavy atom. The Kier molecular flexibility index (Phi) is 6.14. The zero-order valence-corrected chi connectivity index (χ0v) is 16.4. The van der Waals surface area contributed by atoms with Crippen molar-refractivity contribution >= 4 is 17.6 Å². The molecule has 25 heavy (non-hydrogen) atoms. The molecule has 0 aliphatic carbocycles. The lowest BCUT2D eigenvalue weighted by atomic mass is 10.1. The Balaban J connectivity index is 1.98. The first-order valence-corrected chi connectivity index (χ1v) is 9.06. The van der Waals surface area contributed by atoms with Crippen molar-refractivity contribution in [1.29, 1.82) is 0 Å². The second-order valence-electron chi connectivity index (χ2n) is 8.02. The zero-order chi connectivity index (χ0) is 18.6. The summed E-state index contributed by atoms with van der Waals surface area (Å²) >= 11 is 0. The summed E-state index contributed by atoms with van der Waals surface area (Å²) in [6.45, 7) is 8.65. The molecular weight excluding hydrogens is 316 g/mol. The summed E-state index contributed by atoms with van der Waals surface area (Å²) < 4.78 is 5.55. The van der Waals surface area contributed by atoms with E-state index in [1.54, 1.807) is 6.20 Å². The minimum atomic E-state index is -0.454. The predicted molar refractivity (Wildman–Crippen MR) is 102 cm³/mol. The average Bonchev–Trinajstić information content (AvgIpc) is 2.93. The molecule has 1 amide bonds. The molecule has 2 unspecified atom stereocenters. The maximum Gasteiger partial charge on any atom is 0.410 e. The third kappa shape index (κ3) is 5.51. The summed E-state index contributed by atoms with van der Waals surface area (Å²) in [5, 5.41) is 3.54. The second kappa shape index (κ2) is 7.93. The molecular formula is C19H32N4O2. The summed E-state index contributed by atoms with van der Waals surface area (Å²) in [5.41, 5.74) is 0.562. The molecule has 2 rings (SSSR count). The third-order valence-corrected chi connectivity index (χ3v) is 4.24. The molecule has 0 bridgehead atoms. The van der Waals surface area contributed by atoms with Gasteiger partial charge in [0.05, 0.1) is 5.69 Å². The van der Waals surface area contributed by atoms with Gasteiger partial charge in [-0.15, -0.1) is 0 Å². The van der Waals surface area contributed by atoms with Gasteiger partial charge in [0.2, 0.25) is 0 Å². The van der Waals surface area contributed by atoms with Gasteiger partial charge in [-0.2, -0.15) is 0 Å². The van der Waals surface area contributed by atoms with E-state index in [2.05, 4.69) is 17.2 Å². The van der Waals surface area contributed by atoms with Crippen molar-refractivity contribution in [3.63, 3.8) is 0 Å². The maximum atomic E-state index is 12.4. The molecule has 1 N–H and O–H groups in total. The summed E-state index contributed by atoms with van der Waals surface area (Å²) in [7, 11) is 3.97. The van der Waals surface area contributed by atoms with Gasteiger partial charge < -0.3 is 19.9 Å². The summed E-state index contributed by atoms with van der Waals surface area (Å²) in [4.78, 5) is 20.7. The Morgan fingerprint density at radius 3 is 2.84 bits per heavy atom. The Bertz CT molecular complexity index is 583. The molecule has 140 valence electrons. The van der Waals surface area contributed by atoms with Crippen LogP contribution in [0.2, 0.25) is 0 Å². The molecule has 1 aromatic heterocycles. The maximum absolute atomic E-state index is 12.4. The minimum absolute atomic E-state index is 0.197. The SMILES string of the molecule is CC(CC1CCCN1C(=O)OC(C)(C)C)Nc1cccnc1N(C)C. The van der Waals surface area contributed by atoms with Crippen LogP contribution in [0.5, 0.6) is 0 Å². The van der Waals surface area contributed by atoms with Crippen molar-refractivity contribution in [2.75, 3.05) is 30.9 Å². The fraction of sp³-hybridized carbons (Fsp3) is 0.684. The number of nitrogens with zero attached hydrogens (tertiary/aromatic N) is 3. The fourth-order valence-corrected chi connectivity index (χ4v) is 3.24. The number of amides is 1. The van der Waals surface area contributed by atoms with Crippen molar-refractivity contribution in [2.45, 2.75) is 64.6 Å². The molecule has 1 aliphatic rings. The molecule has 6 nitrogen and oxygen atoms in total. The number of likely N-dealkylation sites (tertiary alicyclic amines) is 1. The molecule has 1 aromatic rings. The van der Waals surface area contributed by atoms with E-state index in [0.717, 1.165) is 37.3 Å². The van der Waals surface area contributed by atoms with Crippen LogP contribution in [0.4, 0.5) is 16.3 Å². The fourth-order valence-electron chi connectivity index (χ4n) is 3.24. The number of ether oxygens (including phenoxy) is 1. The van der Waals surface area contributed by atoms with Crippen LogP contribution in [0, 0.1) is 0 Å². The van der Waals surface area contributed by atoms with Crippen LogP contribution in [0.15, 0.2) is 18.3 Å². The van der Waals surface area contributed by atoms with Gasteiger partial charge in [-0.05, 0) is 59.1 Å². The lowest BCUT2D eigenvalue weighted by Gasteiger charge is -2.30. The molecule has 0 aromatic carbocycles. The van der Waals surface area contributed by atoms with E-state index in [0.29, 0.717) is 0 Å². The largest absolute Gasteiger partial charge is 0.444 e. The summed E-state index contributed by atoms with van der Waals surface area (Å²) in [6, 6.07) is 4.43. The van der Waals surface area contributed by atoms with Crippen LogP contribution in [0.1, 0.15) is 47.0 Å². The number of aromatic nitrogens is 1. The van der Waals surface area contributed by atoms with Gasteiger partial charge in [0.25, 0.3) is 0 Å². The predicted octanol–water partition coefficient (Wildman–Crippen LogP) is 3.74. The van der Waals surface area contributed by atoms with Gasteiger partial charge >= 0.3 is 6.09 Å². The smallest absolute Gasteiger partial charge is 0.410 e. The van der Waals surface area contributed by atoms with Crippen LogP contribution < -0.4 is 10.2 Å². The van der Waals surface area contributed by atoms with Crippen molar-refractivity contribution in [3.05, 3.63) is 18.3 Å². The molecule has 2 atom stereocenters. The number of pyridine rings is 1. The number of hydrogen-bond acceptors (Lipinski definition) is 5. The number of rotatable bonds is 5. The lowest BCUT2D eigenvalue weighted by molar-refractivity contribution is 0.0218. The first-order chi connectivity index (χ1) is 11.7. The minimum Gasteiger partial charge on any atom is -0.444 e.